The molecule has 3 rings (SSSR count). The van der Waals surface area contributed by atoms with Gasteiger partial charge in [-0.05, 0) is 12.1 Å². The number of ether oxygens (including phenoxy) is 2. The molecule has 0 bridgehead atoms. The van der Waals surface area contributed by atoms with Crippen LogP contribution in [0.1, 0.15) is 10.6 Å². The van der Waals surface area contributed by atoms with Crippen molar-refractivity contribution in [2.24, 2.45) is 0 Å². The number of carbonyl (C=O) groups excluding carboxylic acids is 1. The highest BCUT2D eigenvalue weighted by Crippen LogP contribution is 2.27. The first-order valence-corrected chi connectivity index (χ1v) is 7.33. The first kappa shape index (κ1) is 13.8. The third kappa shape index (κ3) is 3.14. The lowest BCUT2D eigenvalue weighted by Crippen LogP contribution is -2.20. The van der Waals surface area contributed by atoms with E-state index in [9.17, 15) is 4.79 Å². The number of nitrogens with one attached hydrogen (secondary N) is 2. The van der Waals surface area contributed by atoms with Crippen LogP contribution in [0.3, 0.4) is 0 Å². The molecule has 1 aliphatic rings. The number of carbonyl (C=O) groups is 1. The van der Waals surface area contributed by atoms with Crippen molar-refractivity contribution < 1.29 is 14.3 Å². The minimum absolute atomic E-state index is 0.0805. The fourth-order valence-corrected chi connectivity index (χ4v) is 3.01. The van der Waals surface area contributed by atoms with Crippen molar-refractivity contribution in [1.82, 2.24) is 10.3 Å². The second-order valence-electron chi connectivity index (χ2n) is 4.48. The second-order valence-corrected chi connectivity index (χ2v) is 5.56. The van der Waals surface area contributed by atoms with Gasteiger partial charge in [-0.2, -0.15) is 0 Å². The molecule has 0 unspecified atom stereocenters. The van der Waals surface area contributed by atoms with Gasteiger partial charge in [-0.15, -0.1) is 11.3 Å². The van der Waals surface area contributed by atoms with E-state index in [1.165, 1.54) is 16.2 Å². The fourth-order valence-electron chi connectivity index (χ4n) is 2.04. The van der Waals surface area contributed by atoms with Gasteiger partial charge in [0.15, 0.2) is 23.2 Å². The van der Waals surface area contributed by atoms with Crippen LogP contribution in [0.15, 0.2) is 24.3 Å². The first-order valence-electron chi connectivity index (χ1n) is 6.51. The van der Waals surface area contributed by atoms with Crippen LogP contribution in [0.4, 0.5) is 5.13 Å². The molecule has 0 saturated heterocycles. The number of nitrogens with zero attached hydrogens (tertiary/aromatic N) is 1. The average molecular weight is 305 g/mol. The number of hydrogen-bond acceptors (Lipinski definition) is 6. The van der Waals surface area contributed by atoms with E-state index >= 15 is 0 Å². The molecule has 21 heavy (non-hydrogen) atoms. The van der Waals surface area contributed by atoms with Gasteiger partial charge in [-0.1, -0.05) is 12.1 Å². The molecule has 1 aliphatic heterocycles. The van der Waals surface area contributed by atoms with Gasteiger partial charge in [0.25, 0.3) is 5.91 Å². The molecule has 1 aromatic carbocycles. The fraction of sp³-hybridized carbons (Fsp3) is 0.286. The van der Waals surface area contributed by atoms with Crippen LogP contribution in [-0.4, -0.2) is 24.6 Å². The Hall–Kier alpha value is -2.12. The average Bonchev–Trinajstić information content (AvgIpc) is 3.06. The van der Waals surface area contributed by atoms with Crippen LogP contribution in [0.2, 0.25) is 0 Å². The van der Waals surface area contributed by atoms with E-state index in [0.717, 1.165) is 18.8 Å². The number of aromatic nitrogens is 1. The Kier molecular flexibility index (Phi) is 4.03. The van der Waals surface area contributed by atoms with Crippen LogP contribution >= 0.6 is 11.3 Å². The number of fused-ring (bicyclic) bond motifs is 1. The molecule has 7 heteroatoms. The molecular weight excluding hydrogens is 290 g/mol. The summed E-state index contributed by atoms with van der Waals surface area (Å²) in [6.45, 7) is 1.50. The highest BCUT2D eigenvalue weighted by atomic mass is 32.1. The molecule has 0 aliphatic carbocycles. The zero-order valence-corrected chi connectivity index (χ0v) is 12.3. The Bertz CT molecular complexity index is 635. The van der Waals surface area contributed by atoms with Gasteiger partial charge < -0.3 is 14.8 Å². The van der Waals surface area contributed by atoms with Gasteiger partial charge in [-0.3, -0.25) is 10.1 Å². The Morgan fingerprint density at radius 1 is 1.38 bits per heavy atom. The molecular formula is C14H15N3O3S. The maximum atomic E-state index is 11.9. The van der Waals surface area contributed by atoms with Gasteiger partial charge in [0, 0.05) is 18.0 Å². The smallest absolute Gasteiger partial charge is 0.264 e. The van der Waals surface area contributed by atoms with Crippen molar-refractivity contribution in [3.05, 3.63) is 34.8 Å². The summed E-state index contributed by atoms with van der Waals surface area (Å²) in [4.78, 5) is 17.4. The van der Waals surface area contributed by atoms with Crippen LogP contribution in [0, 0.1) is 0 Å². The zero-order chi connectivity index (χ0) is 14.7. The topological polar surface area (TPSA) is 72.5 Å². The predicted octanol–water partition coefficient (Wildman–Crippen LogP) is 1.77. The van der Waals surface area contributed by atoms with Crippen LogP contribution in [0.5, 0.6) is 11.5 Å². The summed E-state index contributed by atoms with van der Waals surface area (Å²) < 4.78 is 10.6. The van der Waals surface area contributed by atoms with Gasteiger partial charge >= 0.3 is 0 Å². The number of methoxy groups -OCH3 is 1. The molecule has 0 spiro atoms. The molecule has 1 aromatic heterocycles. The number of hydrogen-bond donors (Lipinski definition) is 2. The predicted molar refractivity (Wildman–Crippen MR) is 79.8 cm³/mol. The van der Waals surface area contributed by atoms with Gasteiger partial charge in [0.1, 0.15) is 0 Å². The largest absolute Gasteiger partial charge is 0.493 e. The van der Waals surface area contributed by atoms with E-state index in [0.29, 0.717) is 16.6 Å². The van der Waals surface area contributed by atoms with Gasteiger partial charge in [0.05, 0.1) is 12.8 Å². The quantitative estimate of drug-likeness (QED) is 0.881. The third-order valence-corrected chi connectivity index (χ3v) is 4.04. The van der Waals surface area contributed by atoms with E-state index in [2.05, 4.69) is 15.6 Å². The van der Waals surface area contributed by atoms with Crippen molar-refractivity contribution in [2.45, 2.75) is 13.1 Å². The van der Waals surface area contributed by atoms with E-state index in [1.54, 1.807) is 19.2 Å². The van der Waals surface area contributed by atoms with Crippen LogP contribution in [0.25, 0.3) is 0 Å². The van der Waals surface area contributed by atoms with Crippen molar-refractivity contribution in [3.63, 3.8) is 0 Å². The van der Waals surface area contributed by atoms with Crippen molar-refractivity contribution >= 4 is 22.4 Å². The molecule has 2 N–H and O–H groups in total. The molecule has 1 amide bonds. The van der Waals surface area contributed by atoms with Crippen molar-refractivity contribution in [2.75, 3.05) is 19.0 Å². The second kappa shape index (κ2) is 6.11. The lowest BCUT2D eigenvalue weighted by Gasteiger charge is -2.09. The van der Waals surface area contributed by atoms with Crippen LogP contribution < -0.4 is 20.1 Å². The molecule has 0 radical (unpaired) electrons. The highest BCUT2D eigenvalue weighted by Gasteiger charge is 2.17. The summed E-state index contributed by atoms with van der Waals surface area (Å²) in [5.41, 5.74) is 1.01. The van der Waals surface area contributed by atoms with E-state index < -0.39 is 0 Å². The maximum absolute atomic E-state index is 11.9. The normalized spacial score (nSPS) is 12.8. The number of anilines is 1. The molecule has 6 nitrogen and oxygen atoms in total. The van der Waals surface area contributed by atoms with Crippen molar-refractivity contribution in [1.29, 1.82) is 0 Å². The Morgan fingerprint density at radius 3 is 2.95 bits per heavy atom. The van der Waals surface area contributed by atoms with Gasteiger partial charge in [0.2, 0.25) is 0 Å². The molecule has 0 saturated carbocycles. The number of thiazole rings is 1. The number of benzene rings is 1. The summed E-state index contributed by atoms with van der Waals surface area (Å²) >= 11 is 1.49. The van der Waals surface area contributed by atoms with E-state index in [4.69, 9.17) is 9.47 Å². The Labute approximate surface area is 126 Å². The maximum Gasteiger partial charge on any atom is 0.264 e. The standard InChI is InChI=1S/C14H15N3O3S/c1-19-10-4-2-3-5-11(10)20-8-13(18)17-14-16-9-6-15-7-12(9)21-14/h2-5,15H,6-8H2,1H3,(H,16,17,18). The van der Waals surface area contributed by atoms with E-state index in [-0.39, 0.29) is 12.5 Å². The molecule has 0 atom stereocenters. The Morgan fingerprint density at radius 2 is 2.19 bits per heavy atom. The minimum atomic E-state index is -0.235. The van der Waals surface area contributed by atoms with E-state index in [1.807, 2.05) is 12.1 Å². The Balaban J connectivity index is 1.56. The summed E-state index contributed by atoms with van der Waals surface area (Å²) in [6, 6.07) is 7.21. The van der Waals surface area contributed by atoms with Gasteiger partial charge in [-0.25, -0.2) is 4.98 Å². The third-order valence-electron chi connectivity index (χ3n) is 3.03. The molecule has 0 fully saturated rings. The minimum Gasteiger partial charge on any atom is -0.493 e. The first-order chi connectivity index (χ1) is 10.3. The summed E-state index contributed by atoms with van der Waals surface area (Å²) in [6.07, 6.45) is 0. The lowest BCUT2D eigenvalue weighted by molar-refractivity contribution is -0.118. The zero-order valence-electron chi connectivity index (χ0n) is 11.5. The molecule has 110 valence electrons. The monoisotopic (exact) mass is 305 g/mol. The summed E-state index contributed by atoms with van der Waals surface area (Å²) in [7, 11) is 1.56. The van der Waals surface area contributed by atoms with Crippen molar-refractivity contribution in [3.8, 4) is 11.5 Å². The summed E-state index contributed by atoms with van der Waals surface area (Å²) in [5.74, 6) is 0.909. The van der Waals surface area contributed by atoms with Crippen LogP contribution in [-0.2, 0) is 17.9 Å². The molecule has 2 heterocycles. The highest BCUT2D eigenvalue weighted by molar-refractivity contribution is 7.15. The summed E-state index contributed by atoms with van der Waals surface area (Å²) in [5, 5.41) is 6.58. The molecule has 2 aromatic rings. The number of para-hydroxylation sites is 2. The SMILES string of the molecule is COc1ccccc1OCC(=O)Nc1nc2c(s1)CNC2. The number of amides is 1. The number of rotatable bonds is 5. The lowest BCUT2D eigenvalue weighted by atomic mass is 10.3.